The first-order valence-corrected chi connectivity index (χ1v) is 7.05. The molecule has 20 heavy (non-hydrogen) atoms. The first-order valence-electron chi connectivity index (χ1n) is 7.05. The molecule has 0 spiro atoms. The Balaban J connectivity index is 1.89. The van der Waals surface area contributed by atoms with Gasteiger partial charge in [-0.25, -0.2) is 0 Å². The number of nitrogens with two attached hydrogens (primary N) is 1. The number of ether oxygens (including phenoxy) is 1. The minimum atomic E-state index is -0.835. The molecule has 1 aromatic carbocycles. The number of hydrogen-bond acceptors (Lipinski definition) is 5. The number of aliphatic hydroxyl groups excluding tert-OH is 1. The summed E-state index contributed by atoms with van der Waals surface area (Å²) in [5, 5.41) is 10.1. The highest BCUT2D eigenvalue weighted by atomic mass is 16.6. The van der Waals surface area contributed by atoms with E-state index in [1.165, 1.54) is 0 Å². The van der Waals surface area contributed by atoms with Gasteiger partial charge >= 0.3 is 0 Å². The zero-order chi connectivity index (χ0) is 14.8. The molecule has 0 saturated carbocycles. The number of anilines is 2. The van der Waals surface area contributed by atoms with Crippen molar-refractivity contribution in [3.8, 4) is 0 Å². The molecule has 2 rings (SSSR count). The lowest BCUT2D eigenvalue weighted by molar-refractivity contribution is -0.239. The first kappa shape index (κ1) is 15.1. The SMILES string of the molecule is CC(C)(C)OC(O)N1CCN(c2cccc(N)c2)CC1. The highest BCUT2D eigenvalue weighted by Gasteiger charge is 2.26. The van der Waals surface area contributed by atoms with Gasteiger partial charge in [0.2, 0.25) is 6.41 Å². The molecular weight excluding hydrogens is 254 g/mol. The maximum absolute atomic E-state index is 10.1. The lowest BCUT2D eigenvalue weighted by Gasteiger charge is -2.39. The maximum Gasteiger partial charge on any atom is 0.216 e. The van der Waals surface area contributed by atoms with Gasteiger partial charge in [0.15, 0.2) is 0 Å². The van der Waals surface area contributed by atoms with Crippen molar-refractivity contribution in [2.75, 3.05) is 36.8 Å². The fourth-order valence-corrected chi connectivity index (χ4v) is 2.31. The molecule has 1 fully saturated rings. The highest BCUT2D eigenvalue weighted by molar-refractivity contribution is 5.56. The number of piperazine rings is 1. The van der Waals surface area contributed by atoms with Gasteiger partial charge in [-0.2, -0.15) is 0 Å². The van der Waals surface area contributed by atoms with Crippen molar-refractivity contribution in [1.29, 1.82) is 0 Å². The van der Waals surface area contributed by atoms with Gasteiger partial charge in [-0.05, 0) is 39.0 Å². The number of hydrogen-bond donors (Lipinski definition) is 2. The Morgan fingerprint density at radius 3 is 2.40 bits per heavy atom. The summed E-state index contributed by atoms with van der Waals surface area (Å²) < 4.78 is 5.58. The molecule has 5 heteroatoms. The molecule has 1 aliphatic rings. The van der Waals surface area contributed by atoms with Crippen LogP contribution < -0.4 is 10.6 Å². The second-order valence-electron chi connectivity index (χ2n) is 6.17. The minimum absolute atomic E-state index is 0.343. The molecule has 1 atom stereocenters. The Labute approximate surface area is 120 Å². The van der Waals surface area contributed by atoms with Crippen molar-refractivity contribution < 1.29 is 9.84 Å². The van der Waals surface area contributed by atoms with Gasteiger partial charge in [0.1, 0.15) is 0 Å². The molecule has 0 aromatic heterocycles. The molecule has 1 saturated heterocycles. The predicted molar refractivity (Wildman–Crippen MR) is 81.5 cm³/mol. The Bertz CT molecular complexity index is 437. The Hall–Kier alpha value is -1.30. The van der Waals surface area contributed by atoms with E-state index in [0.717, 1.165) is 37.6 Å². The third-order valence-corrected chi connectivity index (χ3v) is 3.32. The van der Waals surface area contributed by atoms with E-state index >= 15 is 0 Å². The molecule has 1 unspecified atom stereocenters. The smallest absolute Gasteiger partial charge is 0.216 e. The van der Waals surface area contributed by atoms with Crippen LogP contribution in [0, 0.1) is 0 Å². The summed E-state index contributed by atoms with van der Waals surface area (Å²) in [4.78, 5) is 4.23. The standard InChI is InChI=1S/C15H25N3O2/c1-15(2,3)20-14(19)18-9-7-17(8-10-18)13-6-4-5-12(16)11-13/h4-6,11,14,19H,7-10,16H2,1-3H3. The van der Waals surface area contributed by atoms with Crippen LogP contribution in [-0.4, -0.2) is 48.2 Å². The lowest BCUT2D eigenvalue weighted by Crippen LogP contribution is -2.52. The minimum Gasteiger partial charge on any atom is -0.399 e. The van der Waals surface area contributed by atoms with Crippen LogP contribution in [-0.2, 0) is 4.74 Å². The monoisotopic (exact) mass is 279 g/mol. The van der Waals surface area contributed by atoms with Crippen LogP contribution in [0.25, 0.3) is 0 Å². The third kappa shape index (κ3) is 4.10. The topological polar surface area (TPSA) is 62.0 Å². The largest absolute Gasteiger partial charge is 0.399 e. The van der Waals surface area contributed by atoms with Crippen LogP contribution in [0.2, 0.25) is 0 Å². The quantitative estimate of drug-likeness (QED) is 0.648. The van der Waals surface area contributed by atoms with Crippen LogP contribution in [0.1, 0.15) is 20.8 Å². The van der Waals surface area contributed by atoms with E-state index in [-0.39, 0.29) is 5.60 Å². The highest BCUT2D eigenvalue weighted by Crippen LogP contribution is 2.20. The molecule has 0 amide bonds. The average molecular weight is 279 g/mol. The predicted octanol–water partition coefficient (Wildman–Crippen LogP) is 1.48. The number of rotatable bonds is 3. The normalized spacial score (nSPS) is 19.1. The van der Waals surface area contributed by atoms with Crippen LogP contribution >= 0.6 is 0 Å². The summed E-state index contributed by atoms with van der Waals surface area (Å²) in [6, 6.07) is 7.90. The summed E-state index contributed by atoms with van der Waals surface area (Å²) >= 11 is 0. The van der Waals surface area contributed by atoms with Crippen LogP contribution in [0.15, 0.2) is 24.3 Å². The Morgan fingerprint density at radius 1 is 1.20 bits per heavy atom. The van der Waals surface area contributed by atoms with Crippen molar-refractivity contribution in [3.05, 3.63) is 24.3 Å². The number of nitrogen functional groups attached to an aromatic ring is 1. The zero-order valence-electron chi connectivity index (χ0n) is 12.5. The van der Waals surface area contributed by atoms with E-state index < -0.39 is 6.41 Å². The Morgan fingerprint density at radius 2 is 1.85 bits per heavy atom. The van der Waals surface area contributed by atoms with Crippen LogP contribution in [0.3, 0.4) is 0 Å². The molecule has 0 bridgehead atoms. The van der Waals surface area contributed by atoms with Gasteiger partial charge in [-0.15, -0.1) is 0 Å². The van der Waals surface area contributed by atoms with Gasteiger partial charge in [0, 0.05) is 37.6 Å². The summed E-state index contributed by atoms with van der Waals surface area (Å²) in [5.41, 5.74) is 7.38. The van der Waals surface area contributed by atoms with Crippen molar-refractivity contribution >= 4 is 11.4 Å². The lowest BCUT2D eigenvalue weighted by atomic mass is 10.2. The van der Waals surface area contributed by atoms with Gasteiger partial charge in [0.05, 0.1) is 5.60 Å². The molecule has 0 radical (unpaired) electrons. The molecule has 112 valence electrons. The van der Waals surface area contributed by atoms with Crippen molar-refractivity contribution in [3.63, 3.8) is 0 Å². The number of benzene rings is 1. The van der Waals surface area contributed by atoms with E-state index in [9.17, 15) is 5.11 Å². The molecular formula is C15H25N3O2. The average Bonchev–Trinajstić information content (AvgIpc) is 2.37. The second-order valence-corrected chi connectivity index (χ2v) is 6.17. The first-order chi connectivity index (χ1) is 9.35. The summed E-state index contributed by atoms with van der Waals surface area (Å²) in [5.74, 6) is 0. The number of nitrogens with zero attached hydrogens (tertiary/aromatic N) is 2. The third-order valence-electron chi connectivity index (χ3n) is 3.32. The number of aliphatic hydroxyl groups is 1. The van der Waals surface area contributed by atoms with Gasteiger partial charge < -0.3 is 20.5 Å². The van der Waals surface area contributed by atoms with Gasteiger partial charge in [-0.1, -0.05) is 6.07 Å². The van der Waals surface area contributed by atoms with Crippen molar-refractivity contribution in [2.24, 2.45) is 0 Å². The van der Waals surface area contributed by atoms with E-state index in [4.69, 9.17) is 10.5 Å². The van der Waals surface area contributed by atoms with Gasteiger partial charge in [-0.3, -0.25) is 4.90 Å². The summed E-state index contributed by atoms with van der Waals surface area (Å²) in [7, 11) is 0. The zero-order valence-corrected chi connectivity index (χ0v) is 12.5. The molecule has 1 aromatic rings. The fourth-order valence-electron chi connectivity index (χ4n) is 2.31. The molecule has 1 heterocycles. The van der Waals surface area contributed by atoms with Crippen LogP contribution in [0.4, 0.5) is 11.4 Å². The molecule has 1 aliphatic heterocycles. The second kappa shape index (κ2) is 5.99. The van der Waals surface area contributed by atoms with E-state index in [0.29, 0.717) is 0 Å². The molecule has 5 nitrogen and oxygen atoms in total. The fraction of sp³-hybridized carbons (Fsp3) is 0.600. The van der Waals surface area contributed by atoms with Gasteiger partial charge in [0.25, 0.3) is 0 Å². The summed E-state index contributed by atoms with van der Waals surface area (Å²) in [6.45, 7) is 9.08. The van der Waals surface area contributed by atoms with Crippen LogP contribution in [0.5, 0.6) is 0 Å². The van der Waals surface area contributed by atoms with E-state index in [2.05, 4.69) is 11.0 Å². The van der Waals surface area contributed by atoms with E-state index in [1.54, 1.807) is 0 Å². The summed E-state index contributed by atoms with van der Waals surface area (Å²) in [6.07, 6.45) is -0.835. The maximum atomic E-state index is 10.1. The molecule has 0 aliphatic carbocycles. The van der Waals surface area contributed by atoms with E-state index in [1.807, 2.05) is 43.9 Å². The van der Waals surface area contributed by atoms with Crippen molar-refractivity contribution in [1.82, 2.24) is 4.90 Å². The molecule has 3 N–H and O–H groups in total. The van der Waals surface area contributed by atoms with Crippen molar-refractivity contribution in [2.45, 2.75) is 32.8 Å². The Kier molecular flexibility index (Phi) is 4.52.